The standard InChI is InChI=1S/C12H17NO2S/c1-9-7-10(14-2)3-4-11(9)16-12-8-13-5-6-15-12/h3-4,7,12-13H,5-6,8H2,1-2H3. The number of hydrogen-bond acceptors (Lipinski definition) is 4. The second kappa shape index (κ2) is 5.57. The van der Waals surface area contributed by atoms with Crippen molar-refractivity contribution in [2.45, 2.75) is 17.3 Å². The molecule has 1 atom stereocenters. The zero-order valence-corrected chi connectivity index (χ0v) is 10.5. The van der Waals surface area contributed by atoms with Crippen molar-refractivity contribution in [1.29, 1.82) is 0 Å². The van der Waals surface area contributed by atoms with E-state index < -0.39 is 0 Å². The average molecular weight is 239 g/mol. The summed E-state index contributed by atoms with van der Waals surface area (Å²) in [5.74, 6) is 0.907. The quantitative estimate of drug-likeness (QED) is 0.874. The van der Waals surface area contributed by atoms with Gasteiger partial charge < -0.3 is 14.8 Å². The van der Waals surface area contributed by atoms with Crippen LogP contribution in [0.4, 0.5) is 0 Å². The molecule has 1 saturated heterocycles. The zero-order chi connectivity index (χ0) is 11.4. The number of rotatable bonds is 3. The van der Waals surface area contributed by atoms with Crippen LogP contribution in [-0.2, 0) is 4.74 Å². The highest BCUT2D eigenvalue weighted by atomic mass is 32.2. The summed E-state index contributed by atoms with van der Waals surface area (Å²) < 4.78 is 10.8. The summed E-state index contributed by atoms with van der Waals surface area (Å²) in [7, 11) is 1.69. The number of morpholine rings is 1. The maximum absolute atomic E-state index is 5.66. The minimum absolute atomic E-state index is 0.223. The number of methoxy groups -OCH3 is 1. The number of benzene rings is 1. The molecule has 1 aliphatic rings. The normalized spacial score (nSPS) is 20.8. The first kappa shape index (κ1) is 11.8. The van der Waals surface area contributed by atoms with Crippen molar-refractivity contribution in [2.75, 3.05) is 26.8 Å². The summed E-state index contributed by atoms with van der Waals surface area (Å²) in [5.41, 5.74) is 1.46. The molecular formula is C12H17NO2S. The molecule has 0 aromatic heterocycles. The number of ether oxygens (including phenoxy) is 2. The molecule has 0 spiro atoms. The monoisotopic (exact) mass is 239 g/mol. The van der Waals surface area contributed by atoms with Crippen molar-refractivity contribution < 1.29 is 9.47 Å². The topological polar surface area (TPSA) is 30.5 Å². The van der Waals surface area contributed by atoms with Gasteiger partial charge in [0.05, 0.1) is 13.7 Å². The van der Waals surface area contributed by atoms with Crippen LogP contribution < -0.4 is 10.1 Å². The fraction of sp³-hybridized carbons (Fsp3) is 0.500. The SMILES string of the molecule is COc1ccc(SC2CNCCO2)c(C)c1. The van der Waals surface area contributed by atoms with E-state index in [1.165, 1.54) is 10.5 Å². The van der Waals surface area contributed by atoms with E-state index >= 15 is 0 Å². The van der Waals surface area contributed by atoms with Crippen LogP contribution in [0.25, 0.3) is 0 Å². The van der Waals surface area contributed by atoms with Gasteiger partial charge in [0, 0.05) is 18.0 Å². The molecule has 1 aromatic carbocycles. The van der Waals surface area contributed by atoms with Crippen molar-refractivity contribution in [3.63, 3.8) is 0 Å². The Morgan fingerprint density at radius 2 is 2.38 bits per heavy atom. The van der Waals surface area contributed by atoms with Crippen LogP contribution in [-0.4, -0.2) is 32.2 Å². The molecule has 1 unspecified atom stereocenters. The molecule has 0 bridgehead atoms. The van der Waals surface area contributed by atoms with Crippen LogP contribution >= 0.6 is 11.8 Å². The summed E-state index contributed by atoms with van der Waals surface area (Å²) in [5, 5.41) is 3.33. The largest absolute Gasteiger partial charge is 0.497 e. The van der Waals surface area contributed by atoms with Crippen LogP contribution in [0.3, 0.4) is 0 Å². The van der Waals surface area contributed by atoms with Gasteiger partial charge in [-0.05, 0) is 30.7 Å². The van der Waals surface area contributed by atoms with Gasteiger partial charge in [-0.25, -0.2) is 0 Å². The van der Waals surface area contributed by atoms with E-state index in [0.717, 1.165) is 25.4 Å². The van der Waals surface area contributed by atoms with E-state index in [0.29, 0.717) is 0 Å². The third kappa shape index (κ3) is 2.90. The van der Waals surface area contributed by atoms with Gasteiger partial charge in [-0.3, -0.25) is 0 Å². The Bertz CT molecular complexity index is 351. The minimum atomic E-state index is 0.223. The molecule has 1 heterocycles. The summed E-state index contributed by atoms with van der Waals surface area (Å²) >= 11 is 1.77. The van der Waals surface area contributed by atoms with Crippen LogP contribution in [0.1, 0.15) is 5.56 Å². The average Bonchev–Trinajstić information content (AvgIpc) is 2.33. The van der Waals surface area contributed by atoms with E-state index in [4.69, 9.17) is 9.47 Å². The molecule has 0 amide bonds. The summed E-state index contributed by atoms with van der Waals surface area (Å²) in [6.45, 7) is 4.77. The molecule has 0 saturated carbocycles. The van der Waals surface area contributed by atoms with Crippen molar-refractivity contribution in [3.8, 4) is 5.75 Å². The Kier molecular flexibility index (Phi) is 4.09. The maximum Gasteiger partial charge on any atom is 0.120 e. The lowest BCUT2D eigenvalue weighted by Gasteiger charge is -2.23. The second-order valence-electron chi connectivity index (χ2n) is 3.75. The van der Waals surface area contributed by atoms with Gasteiger partial charge in [0.15, 0.2) is 0 Å². The first-order valence-electron chi connectivity index (χ1n) is 5.43. The molecule has 16 heavy (non-hydrogen) atoms. The summed E-state index contributed by atoms with van der Waals surface area (Å²) in [6, 6.07) is 6.14. The molecule has 0 aliphatic carbocycles. The van der Waals surface area contributed by atoms with Gasteiger partial charge in [-0.15, -0.1) is 0 Å². The third-order valence-corrected chi connectivity index (χ3v) is 3.81. The minimum Gasteiger partial charge on any atom is -0.497 e. The van der Waals surface area contributed by atoms with E-state index in [-0.39, 0.29) is 5.44 Å². The molecule has 4 heteroatoms. The Balaban J connectivity index is 2.03. The van der Waals surface area contributed by atoms with E-state index in [1.807, 2.05) is 6.07 Å². The van der Waals surface area contributed by atoms with E-state index in [9.17, 15) is 0 Å². The Morgan fingerprint density at radius 3 is 3.00 bits per heavy atom. The first-order chi connectivity index (χ1) is 7.79. The first-order valence-corrected chi connectivity index (χ1v) is 6.31. The van der Waals surface area contributed by atoms with E-state index in [2.05, 4.69) is 24.4 Å². The number of aryl methyl sites for hydroxylation is 1. The molecule has 0 radical (unpaired) electrons. The van der Waals surface area contributed by atoms with Gasteiger partial charge in [0.1, 0.15) is 11.2 Å². The molecule has 88 valence electrons. The van der Waals surface area contributed by atoms with Crippen LogP contribution in [0.2, 0.25) is 0 Å². The predicted octanol–water partition coefficient (Wildman–Crippen LogP) is 2.04. The molecule has 1 aromatic rings. The highest BCUT2D eigenvalue weighted by Gasteiger charge is 2.15. The van der Waals surface area contributed by atoms with Crippen molar-refractivity contribution in [2.24, 2.45) is 0 Å². The summed E-state index contributed by atoms with van der Waals surface area (Å²) in [4.78, 5) is 1.26. The zero-order valence-electron chi connectivity index (χ0n) is 9.66. The smallest absolute Gasteiger partial charge is 0.120 e. The predicted molar refractivity (Wildman–Crippen MR) is 66.2 cm³/mol. The molecule has 1 N–H and O–H groups in total. The highest BCUT2D eigenvalue weighted by molar-refractivity contribution is 7.99. The number of thioether (sulfide) groups is 1. The molecule has 1 fully saturated rings. The Hall–Kier alpha value is -0.710. The molecule has 3 nitrogen and oxygen atoms in total. The van der Waals surface area contributed by atoms with Gasteiger partial charge in [-0.1, -0.05) is 11.8 Å². The van der Waals surface area contributed by atoms with Gasteiger partial charge in [0.2, 0.25) is 0 Å². The van der Waals surface area contributed by atoms with Crippen LogP contribution in [0.5, 0.6) is 5.75 Å². The highest BCUT2D eigenvalue weighted by Crippen LogP contribution is 2.30. The van der Waals surface area contributed by atoms with Crippen LogP contribution in [0.15, 0.2) is 23.1 Å². The van der Waals surface area contributed by atoms with Crippen molar-refractivity contribution in [1.82, 2.24) is 5.32 Å². The molecular weight excluding hydrogens is 222 g/mol. The van der Waals surface area contributed by atoms with Gasteiger partial charge in [0.25, 0.3) is 0 Å². The Labute approximate surface area is 101 Å². The van der Waals surface area contributed by atoms with Crippen molar-refractivity contribution >= 4 is 11.8 Å². The fourth-order valence-electron chi connectivity index (χ4n) is 1.64. The molecule has 2 rings (SSSR count). The Morgan fingerprint density at radius 1 is 1.50 bits per heavy atom. The van der Waals surface area contributed by atoms with Gasteiger partial charge in [-0.2, -0.15) is 0 Å². The number of hydrogen-bond donors (Lipinski definition) is 1. The second-order valence-corrected chi connectivity index (χ2v) is 4.96. The van der Waals surface area contributed by atoms with Crippen LogP contribution in [0, 0.1) is 6.92 Å². The lowest BCUT2D eigenvalue weighted by molar-refractivity contribution is 0.0852. The maximum atomic E-state index is 5.66. The van der Waals surface area contributed by atoms with Gasteiger partial charge >= 0.3 is 0 Å². The molecule has 1 aliphatic heterocycles. The summed E-state index contributed by atoms with van der Waals surface area (Å²) in [6.07, 6.45) is 0. The third-order valence-electron chi connectivity index (χ3n) is 2.53. The lowest BCUT2D eigenvalue weighted by Crippen LogP contribution is -2.36. The van der Waals surface area contributed by atoms with Crippen molar-refractivity contribution in [3.05, 3.63) is 23.8 Å². The lowest BCUT2D eigenvalue weighted by atomic mass is 10.2. The fourth-order valence-corrected chi connectivity index (χ4v) is 2.68. The van der Waals surface area contributed by atoms with E-state index in [1.54, 1.807) is 18.9 Å². The number of nitrogens with one attached hydrogen (secondary N) is 1.